The lowest BCUT2D eigenvalue weighted by Crippen LogP contribution is -2.28. The number of unbranched alkanes of at least 4 members (excludes halogenated alkanes) is 2. The van der Waals surface area contributed by atoms with Crippen molar-refractivity contribution in [1.82, 2.24) is 0 Å². The molecule has 1 aromatic rings. The summed E-state index contributed by atoms with van der Waals surface area (Å²) in [5.74, 6) is 0.819. The highest BCUT2D eigenvalue weighted by atomic mass is 14.3. The van der Waals surface area contributed by atoms with Gasteiger partial charge in [0.15, 0.2) is 0 Å². The predicted octanol–water partition coefficient (Wildman–Crippen LogP) is 5.96. The molecule has 0 unspecified atom stereocenters. The molecule has 0 nitrogen and oxygen atoms in total. The average Bonchev–Trinajstić information content (AvgIpc) is 2.39. The molecule has 0 amide bonds. The van der Waals surface area contributed by atoms with Crippen LogP contribution in [0.3, 0.4) is 0 Å². The van der Waals surface area contributed by atoms with Crippen LogP contribution in [0.2, 0.25) is 0 Å². The lowest BCUT2D eigenvalue weighted by Gasteiger charge is -2.35. The van der Waals surface area contributed by atoms with E-state index in [1.165, 1.54) is 44.1 Å². The summed E-state index contributed by atoms with van der Waals surface area (Å²) in [5, 5.41) is 0. The number of rotatable bonds is 8. The van der Waals surface area contributed by atoms with Gasteiger partial charge in [-0.15, -0.1) is 0 Å². The molecule has 0 bridgehead atoms. The summed E-state index contributed by atoms with van der Waals surface area (Å²) in [4.78, 5) is 0. The van der Waals surface area contributed by atoms with Gasteiger partial charge in [0.05, 0.1) is 0 Å². The van der Waals surface area contributed by atoms with Crippen molar-refractivity contribution in [2.75, 3.05) is 0 Å². The van der Waals surface area contributed by atoms with Crippen molar-refractivity contribution in [2.45, 2.75) is 71.6 Å². The third-order valence-corrected chi connectivity index (χ3v) is 4.35. The van der Waals surface area contributed by atoms with Gasteiger partial charge in [-0.2, -0.15) is 0 Å². The van der Waals surface area contributed by atoms with E-state index < -0.39 is 0 Å². The fraction of sp³-hybridized carbons (Fsp3) is 0.667. The van der Waals surface area contributed by atoms with Crippen LogP contribution in [-0.4, -0.2) is 0 Å². The second-order valence-electron chi connectivity index (χ2n) is 6.07. The zero-order valence-corrected chi connectivity index (χ0v) is 12.7. The van der Waals surface area contributed by atoms with Gasteiger partial charge >= 0.3 is 0 Å². The van der Waals surface area contributed by atoms with E-state index in [4.69, 9.17) is 0 Å². The fourth-order valence-electron chi connectivity index (χ4n) is 2.87. The maximum atomic E-state index is 2.43. The molecule has 0 radical (unpaired) electrons. The van der Waals surface area contributed by atoms with Gasteiger partial charge in [0.2, 0.25) is 0 Å². The van der Waals surface area contributed by atoms with Gasteiger partial charge in [-0.25, -0.2) is 0 Å². The highest BCUT2D eigenvalue weighted by Gasteiger charge is 2.29. The number of benzene rings is 1. The second-order valence-corrected chi connectivity index (χ2v) is 6.07. The van der Waals surface area contributed by atoms with E-state index in [-0.39, 0.29) is 0 Å². The maximum Gasteiger partial charge on any atom is -0.00753 e. The minimum absolute atomic E-state index is 0.311. The molecular formula is C18H30. The summed E-state index contributed by atoms with van der Waals surface area (Å²) in [6, 6.07) is 11.1. The third kappa shape index (κ3) is 4.15. The molecule has 0 N–H and O–H groups in total. The van der Waals surface area contributed by atoms with Gasteiger partial charge in [-0.3, -0.25) is 0 Å². The molecule has 0 saturated heterocycles. The van der Waals surface area contributed by atoms with Crippen molar-refractivity contribution in [3.8, 4) is 0 Å². The first-order valence-electron chi connectivity index (χ1n) is 7.68. The van der Waals surface area contributed by atoms with E-state index in [0.717, 1.165) is 5.92 Å². The molecule has 0 aromatic heterocycles. The molecule has 0 spiro atoms. The van der Waals surface area contributed by atoms with Crippen LogP contribution in [0.5, 0.6) is 0 Å². The van der Waals surface area contributed by atoms with Crippen molar-refractivity contribution in [3.05, 3.63) is 35.9 Å². The van der Waals surface area contributed by atoms with Crippen molar-refractivity contribution in [1.29, 1.82) is 0 Å². The second kappa shape index (κ2) is 7.61. The molecule has 0 heteroatoms. The summed E-state index contributed by atoms with van der Waals surface area (Å²) < 4.78 is 0. The molecule has 0 aliphatic heterocycles. The lowest BCUT2D eigenvalue weighted by atomic mass is 9.69. The summed E-state index contributed by atoms with van der Waals surface area (Å²) in [7, 11) is 0. The number of hydrogen-bond donors (Lipinski definition) is 0. The molecule has 1 aromatic carbocycles. The quantitative estimate of drug-likeness (QED) is 0.531. The first-order valence-corrected chi connectivity index (χ1v) is 7.68. The van der Waals surface area contributed by atoms with E-state index in [1.54, 1.807) is 0 Å². The van der Waals surface area contributed by atoms with Gasteiger partial charge < -0.3 is 0 Å². The molecule has 1 rings (SSSR count). The van der Waals surface area contributed by atoms with Crippen LogP contribution >= 0.6 is 0 Å². The van der Waals surface area contributed by atoms with Gasteiger partial charge in [0.1, 0.15) is 0 Å². The van der Waals surface area contributed by atoms with E-state index in [0.29, 0.717) is 5.41 Å². The van der Waals surface area contributed by atoms with Crippen LogP contribution in [0, 0.1) is 5.92 Å². The van der Waals surface area contributed by atoms with Crippen LogP contribution in [0.4, 0.5) is 0 Å². The Morgan fingerprint density at radius 2 is 1.39 bits per heavy atom. The molecule has 0 saturated carbocycles. The average molecular weight is 246 g/mol. The van der Waals surface area contributed by atoms with Crippen molar-refractivity contribution < 1.29 is 0 Å². The maximum absolute atomic E-state index is 2.43. The minimum atomic E-state index is 0.311. The Labute approximate surface area is 114 Å². The third-order valence-electron chi connectivity index (χ3n) is 4.35. The zero-order chi connectivity index (χ0) is 13.4. The van der Waals surface area contributed by atoms with E-state index in [2.05, 4.69) is 58.0 Å². The van der Waals surface area contributed by atoms with Gasteiger partial charge in [0, 0.05) is 0 Å². The van der Waals surface area contributed by atoms with Crippen LogP contribution in [0.1, 0.15) is 71.8 Å². The van der Waals surface area contributed by atoms with Crippen LogP contribution in [0.15, 0.2) is 30.3 Å². The minimum Gasteiger partial charge on any atom is -0.0654 e. The van der Waals surface area contributed by atoms with Gasteiger partial charge in [-0.1, -0.05) is 83.7 Å². The molecule has 102 valence electrons. The molecule has 0 fully saturated rings. The highest BCUT2D eigenvalue weighted by Crippen LogP contribution is 2.37. The fourth-order valence-corrected chi connectivity index (χ4v) is 2.87. The first-order chi connectivity index (χ1) is 8.62. The van der Waals surface area contributed by atoms with Crippen LogP contribution in [-0.2, 0) is 5.41 Å². The molecule has 0 atom stereocenters. The van der Waals surface area contributed by atoms with Crippen molar-refractivity contribution in [2.24, 2.45) is 5.92 Å². The standard InChI is InChI=1S/C18H30/c1-5-7-12-16(13-8-6-2)18(3,4)17-14-10-9-11-15-17/h9-11,14-16H,5-8,12-13H2,1-4H3. The monoisotopic (exact) mass is 246 g/mol. The SMILES string of the molecule is CCCCC(CCCC)C(C)(C)c1ccccc1. The molecule has 0 aliphatic rings. The smallest absolute Gasteiger partial charge is 0.00753 e. The summed E-state index contributed by atoms with van der Waals surface area (Å²) in [6.07, 6.45) is 8.10. The van der Waals surface area contributed by atoms with Crippen molar-refractivity contribution >= 4 is 0 Å². The van der Waals surface area contributed by atoms with E-state index in [1.807, 2.05) is 0 Å². The Balaban J connectivity index is 2.80. The Morgan fingerprint density at radius 3 is 1.83 bits per heavy atom. The first kappa shape index (κ1) is 15.3. The normalized spacial score (nSPS) is 12.1. The molecule has 18 heavy (non-hydrogen) atoms. The largest absolute Gasteiger partial charge is 0.0654 e. The Hall–Kier alpha value is -0.780. The van der Waals surface area contributed by atoms with Crippen LogP contribution in [0.25, 0.3) is 0 Å². The zero-order valence-electron chi connectivity index (χ0n) is 12.7. The summed E-state index contributed by atoms with van der Waals surface area (Å²) in [6.45, 7) is 9.45. The summed E-state index contributed by atoms with van der Waals surface area (Å²) in [5.41, 5.74) is 1.81. The van der Waals surface area contributed by atoms with Crippen molar-refractivity contribution in [3.63, 3.8) is 0 Å². The Bertz CT molecular complexity index is 302. The molecular weight excluding hydrogens is 216 g/mol. The Kier molecular flexibility index (Phi) is 6.46. The van der Waals surface area contributed by atoms with E-state index >= 15 is 0 Å². The topological polar surface area (TPSA) is 0 Å². The van der Waals surface area contributed by atoms with E-state index in [9.17, 15) is 0 Å². The number of hydrogen-bond acceptors (Lipinski definition) is 0. The van der Waals surface area contributed by atoms with Gasteiger partial charge in [-0.05, 0) is 29.7 Å². The molecule has 0 heterocycles. The predicted molar refractivity (Wildman–Crippen MR) is 82.0 cm³/mol. The Morgan fingerprint density at radius 1 is 0.889 bits per heavy atom. The lowest BCUT2D eigenvalue weighted by molar-refractivity contribution is 0.268. The van der Waals surface area contributed by atoms with Crippen LogP contribution < -0.4 is 0 Å². The highest BCUT2D eigenvalue weighted by molar-refractivity contribution is 5.24. The van der Waals surface area contributed by atoms with Gasteiger partial charge in [0.25, 0.3) is 0 Å². The summed E-state index contributed by atoms with van der Waals surface area (Å²) >= 11 is 0. The molecule has 0 aliphatic carbocycles.